The first-order valence-electron chi connectivity index (χ1n) is 8.04. The number of hydrogen-bond acceptors (Lipinski definition) is 5. The lowest BCUT2D eigenvalue weighted by atomic mass is 10.2. The highest BCUT2D eigenvalue weighted by atomic mass is 16.6. The number of hydrogen-bond donors (Lipinski definition) is 1. The molecule has 1 aliphatic heterocycles. The van der Waals surface area contributed by atoms with Crippen LogP contribution in [0.3, 0.4) is 0 Å². The second kappa shape index (κ2) is 8.41. The molecule has 0 radical (unpaired) electrons. The third-order valence-corrected chi connectivity index (χ3v) is 3.69. The van der Waals surface area contributed by atoms with E-state index in [0.717, 1.165) is 5.56 Å². The quantitative estimate of drug-likeness (QED) is 0.846. The Hall–Kier alpha value is -2.70. The number of nitrogens with one attached hydrogen (secondary N) is 1. The number of rotatable bonds is 5. The third kappa shape index (κ3) is 4.89. The minimum absolute atomic E-state index is 0.198. The number of esters is 1. The van der Waals surface area contributed by atoms with Crippen molar-refractivity contribution in [1.29, 1.82) is 0 Å². The molecule has 1 amide bonds. The van der Waals surface area contributed by atoms with E-state index in [0.29, 0.717) is 24.5 Å². The van der Waals surface area contributed by atoms with Crippen molar-refractivity contribution in [1.82, 2.24) is 0 Å². The Kier molecular flexibility index (Phi) is 5.77. The van der Waals surface area contributed by atoms with E-state index in [9.17, 15) is 9.59 Å². The molecule has 0 unspecified atom stereocenters. The molecule has 1 fully saturated rings. The number of ether oxygens (including phenoxy) is 3. The molecule has 0 aromatic heterocycles. The average Bonchev–Trinajstić information content (AvgIpc) is 2.68. The molecule has 1 N–H and O–H groups in total. The highest BCUT2D eigenvalue weighted by Gasteiger charge is 2.22. The number of amides is 1. The summed E-state index contributed by atoms with van der Waals surface area (Å²) in [5.74, 6) is -0.744. The lowest BCUT2D eigenvalue weighted by molar-refractivity contribution is -0.142. The molecule has 0 saturated carbocycles. The Labute approximate surface area is 145 Å². The molecule has 0 spiro atoms. The SMILES string of the molecule is O=C(OCc1ccccc1)c1cccc(NC(=O)[C@@H]2COCCO2)c1. The smallest absolute Gasteiger partial charge is 0.338 e. The molecule has 2 aromatic rings. The molecular formula is C19H19NO5. The number of carbonyl (C=O) groups is 2. The van der Waals surface area contributed by atoms with Gasteiger partial charge in [0.15, 0.2) is 6.10 Å². The molecule has 6 nitrogen and oxygen atoms in total. The van der Waals surface area contributed by atoms with E-state index in [1.54, 1.807) is 24.3 Å². The first-order chi connectivity index (χ1) is 12.2. The predicted molar refractivity (Wildman–Crippen MR) is 91.2 cm³/mol. The Morgan fingerprint density at radius 1 is 1.08 bits per heavy atom. The molecule has 1 atom stereocenters. The Morgan fingerprint density at radius 3 is 2.68 bits per heavy atom. The van der Waals surface area contributed by atoms with Gasteiger partial charge in [-0.15, -0.1) is 0 Å². The van der Waals surface area contributed by atoms with Crippen molar-refractivity contribution in [2.24, 2.45) is 0 Å². The zero-order valence-corrected chi connectivity index (χ0v) is 13.6. The number of carbonyl (C=O) groups excluding carboxylic acids is 2. The van der Waals surface area contributed by atoms with E-state index in [1.807, 2.05) is 30.3 Å². The second-order valence-corrected chi connectivity index (χ2v) is 5.57. The van der Waals surface area contributed by atoms with Crippen LogP contribution in [0.15, 0.2) is 54.6 Å². The van der Waals surface area contributed by atoms with Gasteiger partial charge in [0, 0.05) is 5.69 Å². The molecule has 1 heterocycles. The summed E-state index contributed by atoms with van der Waals surface area (Å²) < 4.78 is 15.9. The van der Waals surface area contributed by atoms with Crippen molar-refractivity contribution in [2.45, 2.75) is 12.7 Å². The normalized spacial score (nSPS) is 16.9. The Morgan fingerprint density at radius 2 is 1.92 bits per heavy atom. The fourth-order valence-corrected chi connectivity index (χ4v) is 2.39. The Bertz CT molecular complexity index is 726. The summed E-state index contributed by atoms with van der Waals surface area (Å²) in [6, 6.07) is 16.1. The van der Waals surface area contributed by atoms with E-state index in [2.05, 4.69) is 5.32 Å². The van der Waals surface area contributed by atoms with Crippen LogP contribution in [-0.4, -0.2) is 37.8 Å². The van der Waals surface area contributed by atoms with Crippen molar-refractivity contribution in [3.8, 4) is 0 Å². The van der Waals surface area contributed by atoms with Gasteiger partial charge in [-0.1, -0.05) is 36.4 Å². The second-order valence-electron chi connectivity index (χ2n) is 5.57. The van der Waals surface area contributed by atoms with Crippen LogP contribution < -0.4 is 5.32 Å². The minimum atomic E-state index is -0.637. The maximum absolute atomic E-state index is 12.2. The zero-order chi connectivity index (χ0) is 17.5. The van der Waals surface area contributed by atoms with Gasteiger partial charge in [-0.3, -0.25) is 4.79 Å². The van der Waals surface area contributed by atoms with Gasteiger partial charge in [-0.25, -0.2) is 4.79 Å². The molecule has 25 heavy (non-hydrogen) atoms. The van der Waals surface area contributed by atoms with E-state index in [4.69, 9.17) is 14.2 Å². The van der Waals surface area contributed by atoms with Crippen LogP contribution in [-0.2, 0) is 25.6 Å². The standard InChI is InChI=1S/C19H19NO5/c21-18(17-13-23-9-10-24-17)20-16-8-4-7-15(11-16)19(22)25-12-14-5-2-1-3-6-14/h1-8,11,17H,9-10,12-13H2,(H,20,21)/t17-/m0/s1. The van der Waals surface area contributed by atoms with Crippen molar-refractivity contribution in [3.63, 3.8) is 0 Å². The van der Waals surface area contributed by atoms with Gasteiger partial charge in [-0.05, 0) is 23.8 Å². The average molecular weight is 341 g/mol. The summed E-state index contributed by atoms with van der Waals surface area (Å²) in [6.45, 7) is 1.31. The van der Waals surface area contributed by atoms with Crippen LogP contribution in [0.25, 0.3) is 0 Å². The van der Waals surface area contributed by atoms with Crippen molar-refractivity contribution >= 4 is 17.6 Å². The molecule has 1 aliphatic rings. The first kappa shape index (κ1) is 17.1. The molecule has 3 rings (SSSR count). The summed E-state index contributed by atoms with van der Waals surface area (Å²) in [6.07, 6.45) is -0.637. The summed E-state index contributed by atoms with van der Waals surface area (Å²) in [7, 11) is 0. The van der Waals surface area contributed by atoms with Crippen LogP contribution in [0.2, 0.25) is 0 Å². The lowest BCUT2D eigenvalue weighted by Gasteiger charge is -2.22. The Balaban J connectivity index is 1.58. The third-order valence-electron chi connectivity index (χ3n) is 3.69. The van der Waals surface area contributed by atoms with E-state index < -0.39 is 12.1 Å². The molecule has 1 saturated heterocycles. The highest BCUT2D eigenvalue weighted by Crippen LogP contribution is 2.14. The highest BCUT2D eigenvalue weighted by molar-refractivity contribution is 5.96. The lowest BCUT2D eigenvalue weighted by Crippen LogP contribution is -2.39. The molecule has 6 heteroatoms. The minimum Gasteiger partial charge on any atom is -0.457 e. The number of anilines is 1. The van der Waals surface area contributed by atoms with Crippen LogP contribution in [0.5, 0.6) is 0 Å². The van der Waals surface area contributed by atoms with E-state index >= 15 is 0 Å². The van der Waals surface area contributed by atoms with Crippen molar-refractivity contribution in [2.75, 3.05) is 25.1 Å². The molecular weight excluding hydrogens is 322 g/mol. The van der Waals surface area contributed by atoms with Crippen molar-refractivity contribution in [3.05, 3.63) is 65.7 Å². The van der Waals surface area contributed by atoms with E-state index in [1.165, 1.54) is 0 Å². The van der Waals surface area contributed by atoms with Gasteiger partial charge in [-0.2, -0.15) is 0 Å². The zero-order valence-electron chi connectivity index (χ0n) is 13.6. The summed E-state index contributed by atoms with van der Waals surface area (Å²) in [5.41, 5.74) is 1.79. The van der Waals surface area contributed by atoms with Crippen LogP contribution in [0.4, 0.5) is 5.69 Å². The first-order valence-corrected chi connectivity index (χ1v) is 8.04. The summed E-state index contributed by atoms with van der Waals surface area (Å²) >= 11 is 0. The van der Waals surface area contributed by atoms with Crippen LogP contribution >= 0.6 is 0 Å². The fourth-order valence-electron chi connectivity index (χ4n) is 2.39. The number of benzene rings is 2. The van der Waals surface area contributed by atoms with Gasteiger partial charge in [0.05, 0.1) is 25.4 Å². The molecule has 0 bridgehead atoms. The van der Waals surface area contributed by atoms with Gasteiger partial charge >= 0.3 is 5.97 Å². The van der Waals surface area contributed by atoms with Gasteiger partial charge < -0.3 is 19.5 Å². The van der Waals surface area contributed by atoms with Gasteiger partial charge in [0.1, 0.15) is 6.61 Å². The molecule has 2 aromatic carbocycles. The maximum Gasteiger partial charge on any atom is 0.338 e. The molecule has 0 aliphatic carbocycles. The van der Waals surface area contributed by atoms with Crippen LogP contribution in [0, 0.1) is 0 Å². The van der Waals surface area contributed by atoms with Gasteiger partial charge in [0.25, 0.3) is 5.91 Å². The molecule has 130 valence electrons. The maximum atomic E-state index is 12.2. The summed E-state index contributed by atoms with van der Waals surface area (Å²) in [5, 5.41) is 2.73. The van der Waals surface area contributed by atoms with Crippen molar-refractivity contribution < 1.29 is 23.8 Å². The van der Waals surface area contributed by atoms with Crippen LogP contribution in [0.1, 0.15) is 15.9 Å². The largest absolute Gasteiger partial charge is 0.457 e. The monoisotopic (exact) mass is 341 g/mol. The topological polar surface area (TPSA) is 73.9 Å². The summed E-state index contributed by atoms with van der Waals surface area (Å²) in [4.78, 5) is 24.3. The predicted octanol–water partition coefficient (Wildman–Crippen LogP) is 2.40. The van der Waals surface area contributed by atoms with Gasteiger partial charge in [0.2, 0.25) is 0 Å². The fraction of sp³-hybridized carbons (Fsp3) is 0.263. The van der Waals surface area contributed by atoms with E-state index in [-0.39, 0.29) is 19.1 Å².